The van der Waals surface area contributed by atoms with Crippen LogP contribution in [0.4, 0.5) is 0 Å². The third-order valence-corrected chi connectivity index (χ3v) is 4.27. The van der Waals surface area contributed by atoms with Crippen molar-refractivity contribution in [1.82, 2.24) is 19.9 Å². The summed E-state index contributed by atoms with van der Waals surface area (Å²) in [6.07, 6.45) is 5.78. The fraction of sp³-hybridized carbons (Fsp3) is 0.438. The topological polar surface area (TPSA) is 61.9 Å². The van der Waals surface area contributed by atoms with Crippen LogP contribution in [0.5, 0.6) is 0 Å². The van der Waals surface area contributed by atoms with Crippen molar-refractivity contribution in [2.75, 3.05) is 6.54 Å². The Balaban J connectivity index is 1.93. The molecule has 0 bridgehead atoms. The van der Waals surface area contributed by atoms with E-state index in [2.05, 4.69) is 32.8 Å². The molecule has 5 heteroatoms. The van der Waals surface area contributed by atoms with Crippen LogP contribution in [0.1, 0.15) is 36.8 Å². The fourth-order valence-corrected chi connectivity index (χ4v) is 3.09. The molecule has 2 aromatic rings. The van der Waals surface area contributed by atoms with E-state index in [-0.39, 0.29) is 11.1 Å². The molecular formula is C16H20N4O. The lowest BCUT2D eigenvalue weighted by molar-refractivity contribution is 0.137. The van der Waals surface area contributed by atoms with Crippen LogP contribution in [0.15, 0.2) is 35.4 Å². The summed E-state index contributed by atoms with van der Waals surface area (Å²) in [7, 11) is 0. The van der Waals surface area contributed by atoms with Crippen LogP contribution in [-0.4, -0.2) is 26.4 Å². The highest BCUT2D eigenvalue weighted by atomic mass is 16.1. The Morgan fingerprint density at radius 1 is 1.48 bits per heavy atom. The van der Waals surface area contributed by atoms with Crippen LogP contribution in [0.2, 0.25) is 0 Å². The minimum Gasteiger partial charge on any atom is -0.309 e. The zero-order valence-corrected chi connectivity index (χ0v) is 12.5. The summed E-state index contributed by atoms with van der Waals surface area (Å²) in [6.45, 7) is 5.85. The summed E-state index contributed by atoms with van der Waals surface area (Å²) in [5.74, 6) is 0.772. The van der Waals surface area contributed by atoms with Crippen molar-refractivity contribution in [2.24, 2.45) is 0 Å². The lowest BCUT2D eigenvalue weighted by Crippen LogP contribution is -2.40. The SMILES string of the molecule is Cc1cc(=O)[nH]c([C@@]2(C)CCCN2Cc2cccnc2)n1. The minimum absolute atomic E-state index is 0.0769. The quantitative estimate of drug-likeness (QED) is 0.936. The van der Waals surface area contributed by atoms with Crippen molar-refractivity contribution in [3.63, 3.8) is 0 Å². The molecule has 0 radical (unpaired) electrons. The number of rotatable bonds is 3. The largest absolute Gasteiger partial charge is 0.309 e. The molecule has 0 aromatic carbocycles. The zero-order valence-electron chi connectivity index (χ0n) is 12.5. The molecule has 1 N–H and O–H groups in total. The van der Waals surface area contributed by atoms with Gasteiger partial charge in [0.05, 0.1) is 5.54 Å². The van der Waals surface area contributed by atoms with Gasteiger partial charge in [-0.05, 0) is 44.9 Å². The van der Waals surface area contributed by atoms with Crippen molar-refractivity contribution in [3.8, 4) is 0 Å². The number of aromatic nitrogens is 3. The maximum atomic E-state index is 11.8. The molecule has 0 spiro atoms. The Hall–Kier alpha value is -2.01. The molecule has 0 amide bonds. The second-order valence-electron chi connectivity index (χ2n) is 5.90. The summed E-state index contributed by atoms with van der Waals surface area (Å²) in [4.78, 5) is 25.8. The average molecular weight is 284 g/mol. The van der Waals surface area contributed by atoms with Gasteiger partial charge >= 0.3 is 0 Å². The van der Waals surface area contributed by atoms with E-state index in [1.807, 2.05) is 19.2 Å². The highest BCUT2D eigenvalue weighted by Gasteiger charge is 2.40. The number of aryl methyl sites for hydroxylation is 1. The Kier molecular flexibility index (Phi) is 3.59. The van der Waals surface area contributed by atoms with Crippen LogP contribution in [0.25, 0.3) is 0 Å². The molecule has 2 aromatic heterocycles. The maximum Gasteiger partial charge on any atom is 0.251 e. The first kappa shape index (κ1) is 13.9. The fourth-order valence-electron chi connectivity index (χ4n) is 3.09. The molecule has 0 saturated carbocycles. The average Bonchev–Trinajstić information content (AvgIpc) is 2.82. The van der Waals surface area contributed by atoms with E-state index in [0.29, 0.717) is 0 Å². The van der Waals surface area contributed by atoms with Crippen molar-refractivity contribution in [1.29, 1.82) is 0 Å². The van der Waals surface area contributed by atoms with Crippen LogP contribution in [-0.2, 0) is 12.1 Å². The first-order valence-corrected chi connectivity index (χ1v) is 7.30. The molecule has 1 atom stereocenters. The number of aromatic amines is 1. The standard InChI is InChI=1S/C16H20N4O/c1-12-9-14(21)19-15(18-12)16(2)6-4-8-20(16)11-13-5-3-7-17-10-13/h3,5,7,9-10H,4,6,8,11H2,1-2H3,(H,18,19,21)/t16-/m1/s1. The number of nitrogens with zero attached hydrogens (tertiary/aromatic N) is 3. The van der Waals surface area contributed by atoms with Gasteiger partial charge in [0.2, 0.25) is 0 Å². The van der Waals surface area contributed by atoms with Gasteiger partial charge in [0.1, 0.15) is 5.82 Å². The predicted molar refractivity (Wildman–Crippen MR) is 80.8 cm³/mol. The molecule has 1 aliphatic heterocycles. The van der Waals surface area contributed by atoms with Crippen LogP contribution < -0.4 is 5.56 Å². The third kappa shape index (κ3) is 2.74. The Bertz CT molecular complexity index is 682. The number of hydrogen-bond acceptors (Lipinski definition) is 4. The molecule has 110 valence electrons. The van der Waals surface area contributed by atoms with Crippen LogP contribution in [0.3, 0.4) is 0 Å². The number of likely N-dealkylation sites (tertiary alicyclic amines) is 1. The van der Waals surface area contributed by atoms with Crippen molar-refractivity contribution >= 4 is 0 Å². The van der Waals surface area contributed by atoms with E-state index in [1.165, 1.54) is 11.6 Å². The summed E-state index contributed by atoms with van der Waals surface area (Å²) < 4.78 is 0. The van der Waals surface area contributed by atoms with E-state index in [1.54, 1.807) is 6.20 Å². The van der Waals surface area contributed by atoms with E-state index >= 15 is 0 Å². The number of H-pyrrole nitrogens is 1. The highest BCUT2D eigenvalue weighted by molar-refractivity contribution is 5.15. The van der Waals surface area contributed by atoms with Crippen molar-refractivity contribution in [3.05, 3.63) is 58.0 Å². The normalized spacial score (nSPS) is 22.6. The lowest BCUT2D eigenvalue weighted by Gasteiger charge is -2.34. The third-order valence-electron chi connectivity index (χ3n) is 4.27. The molecule has 1 saturated heterocycles. The van der Waals surface area contributed by atoms with Gasteiger partial charge in [0, 0.05) is 30.7 Å². The Morgan fingerprint density at radius 2 is 2.33 bits per heavy atom. The number of pyridine rings is 1. The lowest BCUT2D eigenvalue weighted by atomic mass is 9.97. The summed E-state index contributed by atoms with van der Waals surface area (Å²) in [6, 6.07) is 5.57. The van der Waals surface area contributed by atoms with E-state index in [4.69, 9.17) is 0 Å². The van der Waals surface area contributed by atoms with Crippen LogP contribution in [0, 0.1) is 6.92 Å². The first-order valence-electron chi connectivity index (χ1n) is 7.30. The van der Waals surface area contributed by atoms with Crippen molar-refractivity contribution in [2.45, 2.75) is 38.8 Å². The van der Waals surface area contributed by atoms with Gasteiger partial charge in [0.15, 0.2) is 0 Å². The molecule has 1 aliphatic rings. The molecular weight excluding hydrogens is 264 g/mol. The maximum absolute atomic E-state index is 11.8. The second-order valence-corrected chi connectivity index (χ2v) is 5.90. The number of hydrogen-bond donors (Lipinski definition) is 1. The number of nitrogens with one attached hydrogen (secondary N) is 1. The summed E-state index contributed by atoms with van der Waals surface area (Å²) in [5.41, 5.74) is 1.65. The van der Waals surface area contributed by atoms with Gasteiger partial charge in [-0.15, -0.1) is 0 Å². The van der Waals surface area contributed by atoms with Crippen molar-refractivity contribution < 1.29 is 0 Å². The first-order chi connectivity index (χ1) is 10.1. The summed E-state index contributed by atoms with van der Waals surface area (Å²) >= 11 is 0. The van der Waals surface area contributed by atoms with Gasteiger partial charge in [0.25, 0.3) is 5.56 Å². The molecule has 3 heterocycles. The molecule has 3 rings (SSSR count). The summed E-state index contributed by atoms with van der Waals surface area (Å²) in [5, 5.41) is 0. The highest BCUT2D eigenvalue weighted by Crippen LogP contribution is 2.37. The smallest absolute Gasteiger partial charge is 0.251 e. The van der Waals surface area contributed by atoms with E-state index < -0.39 is 0 Å². The molecule has 5 nitrogen and oxygen atoms in total. The zero-order chi connectivity index (χ0) is 14.9. The minimum atomic E-state index is -0.221. The van der Waals surface area contributed by atoms with E-state index in [0.717, 1.165) is 37.4 Å². The molecule has 0 aliphatic carbocycles. The molecule has 0 unspecified atom stereocenters. The van der Waals surface area contributed by atoms with E-state index in [9.17, 15) is 4.79 Å². The van der Waals surface area contributed by atoms with Gasteiger partial charge in [-0.1, -0.05) is 6.07 Å². The Morgan fingerprint density at radius 3 is 3.05 bits per heavy atom. The monoisotopic (exact) mass is 284 g/mol. The van der Waals surface area contributed by atoms with Gasteiger partial charge in [-0.3, -0.25) is 14.7 Å². The molecule has 21 heavy (non-hydrogen) atoms. The van der Waals surface area contributed by atoms with Crippen LogP contribution >= 0.6 is 0 Å². The van der Waals surface area contributed by atoms with Gasteiger partial charge in [-0.2, -0.15) is 0 Å². The van der Waals surface area contributed by atoms with Gasteiger partial charge < -0.3 is 4.98 Å². The second kappa shape index (κ2) is 5.41. The molecule has 1 fully saturated rings. The van der Waals surface area contributed by atoms with Gasteiger partial charge in [-0.25, -0.2) is 4.98 Å². The Labute approximate surface area is 124 Å². The predicted octanol–water partition coefficient (Wildman–Crippen LogP) is 1.98.